The Morgan fingerprint density at radius 2 is 1.84 bits per heavy atom. The lowest BCUT2D eigenvalue weighted by molar-refractivity contribution is -0.140. The number of pyridine rings is 1. The molecule has 2 fully saturated rings. The molecule has 1 aliphatic heterocycles. The van der Waals surface area contributed by atoms with E-state index in [-0.39, 0.29) is 11.8 Å². The van der Waals surface area contributed by atoms with Crippen LogP contribution < -0.4 is 0 Å². The second-order valence-corrected chi connectivity index (χ2v) is 8.40. The van der Waals surface area contributed by atoms with E-state index in [1.54, 1.807) is 48.5 Å². The fourth-order valence-corrected chi connectivity index (χ4v) is 4.28. The van der Waals surface area contributed by atoms with Crippen LogP contribution in [0.4, 0.5) is 0 Å². The number of carboxylic acids is 1. The summed E-state index contributed by atoms with van der Waals surface area (Å²) in [6, 6.07) is 12.5. The maximum absolute atomic E-state index is 12.9. The standard InChI is InChI=1S/C23H25ClN4O4/c1-32-15-16-14-23(16,22(30)31)26-20(19-8-4-5-9-25-19)27-10-12-28(13-11-27)21(29)17-6-2-3-7-18(17)24/h2-9,16H,10-15H2,1H3,(H,30,31). The second-order valence-electron chi connectivity index (χ2n) is 8.00. The Morgan fingerprint density at radius 3 is 2.47 bits per heavy atom. The Balaban J connectivity index is 1.56. The minimum Gasteiger partial charge on any atom is -0.479 e. The van der Waals surface area contributed by atoms with Gasteiger partial charge in [0.15, 0.2) is 11.4 Å². The van der Waals surface area contributed by atoms with Crippen molar-refractivity contribution in [3.63, 3.8) is 0 Å². The molecule has 32 heavy (non-hydrogen) atoms. The van der Waals surface area contributed by atoms with E-state index in [9.17, 15) is 14.7 Å². The number of aromatic nitrogens is 1. The van der Waals surface area contributed by atoms with Gasteiger partial charge in [0.25, 0.3) is 5.91 Å². The van der Waals surface area contributed by atoms with Gasteiger partial charge in [-0.1, -0.05) is 29.8 Å². The molecule has 2 atom stereocenters. The number of ether oxygens (including phenoxy) is 1. The lowest BCUT2D eigenvalue weighted by Gasteiger charge is -2.37. The number of hydrogen-bond acceptors (Lipinski definition) is 5. The fourth-order valence-electron chi connectivity index (χ4n) is 4.06. The van der Waals surface area contributed by atoms with Crippen molar-refractivity contribution in [2.75, 3.05) is 39.9 Å². The van der Waals surface area contributed by atoms with Gasteiger partial charge in [0.2, 0.25) is 0 Å². The van der Waals surface area contributed by atoms with Gasteiger partial charge in [0, 0.05) is 45.4 Å². The number of benzene rings is 1. The number of aliphatic carboxylic acids is 1. The van der Waals surface area contributed by atoms with Gasteiger partial charge >= 0.3 is 5.97 Å². The van der Waals surface area contributed by atoms with Crippen LogP contribution in [-0.2, 0) is 9.53 Å². The first kappa shape index (κ1) is 22.2. The zero-order chi connectivity index (χ0) is 22.7. The van der Waals surface area contributed by atoms with Crippen LogP contribution in [0.2, 0.25) is 5.02 Å². The highest BCUT2D eigenvalue weighted by atomic mass is 35.5. The van der Waals surface area contributed by atoms with Crippen LogP contribution in [-0.4, -0.2) is 83.0 Å². The first-order valence-electron chi connectivity index (χ1n) is 10.5. The van der Waals surface area contributed by atoms with E-state index >= 15 is 0 Å². The van der Waals surface area contributed by atoms with Crippen LogP contribution in [0, 0.1) is 5.92 Å². The van der Waals surface area contributed by atoms with Crippen LogP contribution in [0.3, 0.4) is 0 Å². The van der Waals surface area contributed by atoms with E-state index in [2.05, 4.69) is 4.98 Å². The third kappa shape index (κ3) is 4.33. The number of carbonyl (C=O) groups is 2. The number of carbonyl (C=O) groups excluding carboxylic acids is 1. The molecular formula is C23H25ClN4O4. The third-order valence-electron chi connectivity index (χ3n) is 5.98. The van der Waals surface area contributed by atoms with Crippen LogP contribution in [0.5, 0.6) is 0 Å². The van der Waals surface area contributed by atoms with Crippen LogP contribution in [0.15, 0.2) is 53.7 Å². The monoisotopic (exact) mass is 456 g/mol. The molecular weight excluding hydrogens is 432 g/mol. The summed E-state index contributed by atoms with van der Waals surface area (Å²) in [7, 11) is 1.56. The smallest absolute Gasteiger partial charge is 0.332 e. The maximum Gasteiger partial charge on any atom is 0.332 e. The van der Waals surface area contributed by atoms with Gasteiger partial charge in [0.1, 0.15) is 5.69 Å². The molecule has 1 saturated heterocycles. The summed E-state index contributed by atoms with van der Waals surface area (Å²) < 4.78 is 5.18. The van der Waals surface area contributed by atoms with Crippen molar-refractivity contribution in [3.05, 3.63) is 64.9 Å². The van der Waals surface area contributed by atoms with Gasteiger partial charge in [0.05, 0.1) is 17.2 Å². The molecule has 1 aromatic carbocycles. The summed E-state index contributed by atoms with van der Waals surface area (Å²) >= 11 is 6.19. The number of amidine groups is 1. The predicted octanol–water partition coefficient (Wildman–Crippen LogP) is 2.43. The Hall–Kier alpha value is -2.97. The second kappa shape index (κ2) is 9.26. The van der Waals surface area contributed by atoms with Gasteiger partial charge in [-0.25, -0.2) is 9.79 Å². The molecule has 168 valence electrons. The minimum atomic E-state index is -1.20. The van der Waals surface area contributed by atoms with E-state index in [1.165, 1.54) is 0 Å². The van der Waals surface area contributed by atoms with Crippen molar-refractivity contribution < 1.29 is 19.4 Å². The number of halogens is 1. The van der Waals surface area contributed by atoms with Gasteiger partial charge in [-0.05, 0) is 30.7 Å². The number of carboxylic acid groups (broad SMARTS) is 1. The van der Waals surface area contributed by atoms with E-state index in [0.717, 1.165) is 0 Å². The number of methoxy groups -OCH3 is 1. The SMILES string of the molecule is COCC1CC1(N=C(c1ccccn1)N1CCN(C(=O)c2ccccc2Cl)CC1)C(=O)O. The van der Waals surface area contributed by atoms with E-state index in [0.29, 0.717) is 61.3 Å². The molecule has 0 bridgehead atoms. The molecule has 1 aliphatic carbocycles. The molecule has 1 N–H and O–H groups in total. The molecule has 1 saturated carbocycles. The van der Waals surface area contributed by atoms with E-state index in [1.807, 2.05) is 17.0 Å². The summed E-state index contributed by atoms with van der Waals surface area (Å²) in [5, 5.41) is 10.3. The molecule has 2 aliphatic rings. The molecule has 0 radical (unpaired) electrons. The topological polar surface area (TPSA) is 95.3 Å². The Morgan fingerprint density at radius 1 is 1.16 bits per heavy atom. The summed E-state index contributed by atoms with van der Waals surface area (Å²) in [5.74, 6) is -0.709. The Bertz CT molecular complexity index is 1020. The molecule has 1 amide bonds. The first-order valence-corrected chi connectivity index (χ1v) is 10.9. The predicted molar refractivity (Wildman–Crippen MR) is 120 cm³/mol. The quantitative estimate of drug-likeness (QED) is 0.530. The highest BCUT2D eigenvalue weighted by Crippen LogP contribution is 2.48. The van der Waals surface area contributed by atoms with Crippen molar-refractivity contribution in [2.45, 2.75) is 12.0 Å². The van der Waals surface area contributed by atoms with E-state index in [4.69, 9.17) is 21.3 Å². The molecule has 9 heteroatoms. The number of piperazine rings is 1. The fraction of sp³-hybridized carbons (Fsp3) is 0.391. The number of nitrogens with zero attached hydrogens (tertiary/aromatic N) is 4. The first-order chi connectivity index (χ1) is 15.5. The number of hydrogen-bond donors (Lipinski definition) is 1. The van der Waals surface area contributed by atoms with Gasteiger partial charge in [-0.3, -0.25) is 9.78 Å². The van der Waals surface area contributed by atoms with Gasteiger partial charge in [-0.15, -0.1) is 0 Å². The van der Waals surface area contributed by atoms with Crippen molar-refractivity contribution >= 4 is 29.3 Å². The van der Waals surface area contributed by atoms with Crippen molar-refractivity contribution in [1.82, 2.24) is 14.8 Å². The zero-order valence-electron chi connectivity index (χ0n) is 17.8. The summed E-state index contributed by atoms with van der Waals surface area (Å²) in [6.45, 7) is 2.30. The number of aliphatic imine (C=N–C) groups is 1. The average Bonchev–Trinajstić information content (AvgIpc) is 3.52. The highest BCUT2D eigenvalue weighted by molar-refractivity contribution is 6.33. The van der Waals surface area contributed by atoms with Crippen LogP contribution in [0.25, 0.3) is 0 Å². The van der Waals surface area contributed by atoms with Crippen LogP contribution >= 0.6 is 11.6 Å². The molecule has 8 nitrogen and oxygen atoms in total. The third-order valence-corrected chi connectivity index (χ3v) is 6.31. The normalized spacial score (nSPS) is 23.2. The number of amides is 1. The van der Waals surface area contributed by atoms with Crippen molar-refractivity contribution in [3.8, 4) is 0 Å². The maximum atomic E-state index is 12.9. The molecule has 1 aromatic heterocycles. The number of rotatable bonds is 6. The molecule has 0 spiro atoms. The lowest BCUT2D eigenvalue weighted by Crippen LogP contribution is -2.51. The minimum absolute atomic E-state index is 0.115. The largest absolute Gasteiger partial charge is 0.479 e. The van der Waals surface area contributed by atoms with Gasteiger partial charge < -0.3 is 19.6 Å². The summed E-state index contributed by atoms with van der Waals surface area (Å²) in [5.41, 5.74) is -0.110. The summed E-state index contributed by atoms with van der Waals surface area (Å²) in [4.78, 5) is 37.9. The zero-order valence-corrected chi connectivity index (χ0v) is 18.5. The molecule has 2 aromatic rings. The van der Waals surface area contributed by atoms with Crippen LogP contribution in [0.1, 0.15) is 22.5 Å². The van der Waals surface area contributed by atoms with Gasteiger partial charge in [-0.2, -0.15) is 0 Å². The summed E-state index contributed by atoms with van der Waals surface area (Å²) in [6.07, 6.45) is 2.09. The van der Waals surface area contributed by atoms with E-state index < -0.39 is 11.5 Å². The average molecular weight is 457 g/mol. The Kier molecular flexibility index (Phi) is 6.43. The molecule has 2 heterocycles. The molecule has 2 unspecified atom stereocenters. The highest BCUT2D eigenvalue weighted by Gasteiger charge is 2.61. The lowest BCUT2D eigenvalue weighted by atomic mass is 10.1. The molecule has 4 rings (SSSR count). The Labute approximate surface area is 191 Å². The van der Waals surface area contributed by atoms with Crippen molar-refractivity contribution in [1.29, 1.82) is 0 Å². The van der Waals surface area contributed by atoms with Crippen molar-refractivity contribution in [2.24, 2.45) is 10.9 Å².